The first kappa shape index (κ1) is 23.3. The van der Waals surface area contributed by atoms with Crippen molar-refractivity contribution in [2.24, 2.45) is 4.99 Å². The van der Waals surface area contributed by atoms with E-state index in [2.05, 4.69) is 16.7 Å². The Labute approximate surface area is 190 Å². The largest absolute Gasteiger partial charge is 0.497 e. The van der Waals surface area contributed by atoms with Crippen LogP contribution in [0.2, 0.25) is 0 Å². The summed E-state index contributed by atoms with van der Waals surface area (Å²) in [6.45, 7) is 5.47. The molecule has 0 aromatic heterocycles. The molecule has 0 aliphatic carbocycles. The SMILES string of the molecule is CCOCCCNC(=NCc1ccc(OC)cc1)NC1COc2ccccc21.I. The van der Waals surface area contributed by atoms with Crippen molar-refractivity contribution in [3.63, 3.8) is 0 Å². The number of aliphatic imine (C=N–C) groups is 1. The monoisotopic (exact) mass is 511 g/mol. The van der Waals surface area contributed by atoms with Gasteiger partial charge in [0.2, 0.25) is 0 Å². The second-order valence-corrected chi connectivity index (χ2v) is 6.54. The molecule has 1 unspecified atom stereocenters. The molecule has 2 aromatic rings. The summed E-state index contributed by atoms with van der Waals surface area (Å²) < 4.78 is 16.4. The molecule has 6 nitrogen and oxygen atoms in total. The summed E-state index contributed by atoms with van der Waals surface area (Å²) in [5.74, 6) is 2.56. The quantitative estimate of drug-likeness (QED) is 0.232. The highest BCUT2D eigenvalue weighted by Crippen LogP contribution is 2.31. The summed E-state index contributed by atoms with van der Waals surface area (Å²) in [5.41, 5.74) is 2.29. The van der Waals surface area contributed by atoms with Crippen molar-refractivity contribution < 1.29 is 14.2 Å². The van der Waals surface area contributed by atoms with Gasteiger partial charge in [-0.1, -0.05) is 30.3 Å². The Morgan fingerprint density at radius 3 is 2.72 bits per heavy atom. The standard InChI is InChI=1S/C22H29N3O3.HI/c1-3-27-14-6-13-23-22(24-15-17-9-11-18(26-2)12-10-17)25-20-16-28-21-8-5-4-7-19(20)21;/h4-5,7-12,20H,3,6,13-16H2,1-2H3,(H2,23,24,25);1H. The lowest BCUT2D eigenvalue weighted by Crippen LogP contribution is -2.40. The molecule has 7 heteroatoms. The van der Waals surface area contributed by atoms with Gasteiger partial charge < -0.3 is 24.8 Å². The van der Waals surface area contributed by atoms with Gasteiger partial charge in [-0.3, -0.25) is 0 Å². The average molecular weight is 511 g/mol. The summed E-state index contributed by atoms with van der Waals surface area (Å²) in [7, 11) is 1.67. The number of ether oxygens (including phenoxy) is 3. The maximum absolute atomic E-state index is 5.78. The maximum Gasteiger partial charge on any atom is 0.192 e. The van der Waals surface area contributed by atoms with Crippen LogP contribution in [0.4, 0.5) is 0 Å². The van der Waals surface area contributed by atoms with Gasteiger partial charge in [0.1, 0.15) is 18.1 Å². The van der Waals surface area contributed by atoms with E-state index in [1.165, 1.54) is 0 Å². The molecule has 1 aliphatic heterocycles. The number of guanidine groups is 1. The molecule has 1 atom stereocenters. The Hall–Kier alpha value is -2.00. The highest BCUT2D eigenvalue weighted by molar-refractivity contribution is 14.0. The van der Waals surface area contributed by atoms with E-state index in [0.29, 0.717) is 13.2 Å². The lowest BCUT2D eigenvalue weighted by Gasteiger charge is -2.17. The molecule has 1 heterocycles. The van der Waals surface area contributed by atoms with E-state index in [9.17, 15) is 0 Å². The molecular weight excluding hydrogens is 481 g/mol. The lowest BCUT2D eigenvalue weighted by atomic mass is 10.1. The first-order chi connectivity index (χ1) is 13.8. The van der Waals surface area contributed by atoms with Crippen molar-refractivity contribution in [1.82, 2.24) is 10.6 Å². The van der Waals surface area contributed by atoms with Crippen LogP contribution in [0.15, 0.2) is 53.5 Å². The molecular formula is C22H30IN3O3. The number of para-hydroxylation sites is 1. The number of fused-ring (bicyclic) bond motifs is 1. The smallest absolute Gasteiger partial charge is 0.192 e. The zero-order valence-corrected chi connectivity index (χ0v) is 19.3. The first-order valence-electron chi connectivity index (χ1n) is 9.77. The Morgan fingerprint density at radius 1 is 1.17 bits per heavy atom. The van der Waals surface area contributed by atoms with Crippen LogP contribution in [-0.2, 0) is 11.3 Å². The highest BCUT2D eigenvalue weighted by Gasteiger charge is 2.24. The summed E-state index contributed by atoms with van der Waals surface area (Å²) in [5, 5.41) is 6.91. The van der Waals surface area contributed by atoms with Gasteiger partial charge in [-0.15, -0.1) is 24.0 Å². The summed E-state index contributed by atoms with van der Waals surface area (Å²) in [6, 6.07) is 16.2. The number of hydrogen-bond donors (Lipinski definition) is 2. The van der Waals surface area contributed by atoms with Crippen LogP contribution < -0.4 is 20.1 Å². The zero-order chi connectivity index (χ0) is 19.6. The molecule has 29 heavy (non-hydrogen) atoms. The lowest BCUT2D eigenvalue weighted by molar-refractivity contribution is 0.145. The van der Waals surface area contributed by atoms with Crippen molar-refractivity contribution in [2.45, 2.75) is 25.9 Å². The number of rotatable bonds is 9. The van der Waals surface area contributed by atoms with E-state index in [-0.39, 0.29) is 30.0 Å². The molecule has 0 amide bonds. The fourth-order valence-electron chi connectivity index (χ4n) is 3.03. The van der Waals surface area contributed by atoms with Crippen LogP contribution in [0.5, 0.6) is 11.5 Å². The van der Waals surface area contributed by atoms with E-state index in [4.69, 9.17) is 19.2 Å². The number of halogens is 1. The molecule has 2 N–H and O–H groups in total. The van der Waals surface area contributed by atoms with Crippen molar-refractivity contribution in [3.05, 3.63) is 59.7 Å². The Bertz CT molecular complexity index is 768. The molecule has 0 saturated heterocycles. The minimum Gasteiger partial charge on any atom is -0.497 e. The second-order valence-electron chi connectivity index (χ2n) is 6.54. The van der Waals surface area contributed by atoms with Gasteiger partial charge in [0.25, 0.3) is 0 Å². The number of benzene rings is 2. The number of nitrogens with zero attached hydrogens (tertiary/aromatic N) is 1. The van der Waals surface area contributed by atoms with E-state index in [1.54, 1.807) is 7.11 Å². The average Bonchev–Trinajstić information content (AvgIpc) is 3.15. The van der Waals surface area contributed by atoms with Crippen molar-refractivity contribution in [3.8, 4) is 11.5 Å². The van der Waals surface area contributed by atoms with Crippen LogP contribution in [0.3, 0.4) is 0 Å². The van der Waals surface area contributed by atoms with Gasteiger partial charge in [0.05, 0.1) is 19.7 Å². The van der Waals surface area contributed by atoms with Gasteiger partial charge >= 0.3 is 0 Å². The molecule has 0 radical (unpaired) electrons. The molecule has 2 aromatic carbocycles. The van der Waals surface area contributed by atoms with Crippen molar-refractivity contribution in [2.75, 3.05) is 33.5 Å². The van der Waals surface area contributed by atoms with Crippen LogP contribution in [0, 0.1) is 0 Å². The van der Waals surface area contributed by atoms with E-state index in [1.807, 2.05) is 49.4 Å². The van der Waals surface area contributed by atoms with E-state index >= 15 is 0 Å². The van der Waals surface area contributed by atoms with Crippen LogP contribution in [-0.4, -0.2) is 39.4 Å². The maximum atomic E-state index is 5.78. The normalized spacial score (nSPS) is 15.1. The van der Waals surface area contributed by atoms with Crippen molar-refractivity contribution >= 4 is 29.9 Å². The minimum atomic E-state index is 0. The predicted molar refractivity (Wildman–Crippen MR) is 126 cm³/mol. The zero-order valence-electron chi connectivity index (χ0n) is 17.0. The summed E-state index contributed by atoms with van der Waals surface area (Å²) >= 11 is 0. The molecule has 3 rings (SSSR count). The van der Waals surface area contributed by atoms with E-state index in [0.717, 1.165) is 54.8 Å². The van der Waals surface area contributed by atoms with Crippen LogP contribution in [0.25, 0.3) is 0 Å². The van der Waals surface area contributed by atoms with Crippen LogP contribution in [0.1, 0.15) is 30.5 Å². The van der Waals surface area contributed by atoms with E-state index < -0.39 is 0 Å². The van der Waals surface area contributed by atoms with Gasteiger partial charge in [-0.05, 0) is 37.1 Å². The van der Waals surface area contributed by atoms with Gasteiger partial charge in [-0.2, -0.15) is 0 Å². The van der Waals surface area contributed by atoms with Gasteiger partial charge in [0, 0.05) is 25.3 Å². The first-order valence-corrected chi connectivity index (χ1v) is 9.77. The summed E-state index contributed by atoms with van der Waals surface area (Å²) in [4.78, 5) is 4.76. The fourth-order valence-corrected chi connectivity index (χ4v) is 3.03. The summed E-state index contributed by atoms with van der Waals surface area (Å²) in [6.07, 6.45) is 0.925. The molecule has 0 fully saturated rings. The topological polar surface area (TPSA) is 64.1 Å². The molecule has 0 bridgehead atoms. The number of nitrogens with one attached hydrogen (secondary N) is 2. The Kier molecular flexibility index (Phi) is 10.1. The third-order valence-electron chi connectivity index (χ3n) is 4.55. The highest BCUT2D eigenvalue weighted by atomic mass is 127. The Morgan fingerprint density at radius 2 is 1.97 bits per heavy atom. The van der Waals surface area contributed by atoms with Crippen LogP contribution >= 0.6 is 24.0 Å². The van der Waals surface area contributed by atoms with Gasteiger partial charge in [-0.25, -0.2) is 4.99 Å². The number of hydrogen-bond acceptors (Lipinski definition) is 4. The van der Waals surface area contributed by atoms with Crippen molar-refractivity contribution in [1.29, 1.82) is 0 Å². The molecule has 0 saturated carbocycles. The molecule has 0 spiro atoms. The third kappa shape index (κ3) is 7.08. The Balaban J connectivity index is 0.00000300. The molecule has 1 aliphatic rings. The minimum absolute atomic E-state index is 0. The number of methoxy groups -OCH3 is 1. The second kappa shape index (κ2) is 12.5. The molecule has 158 valence electrons. The fraction of sp³-hybridized carbons (Fsp3) is 0.409. The predicted octanol–water partition coefficient (Wildman–Crippen LogP) is 3.91. The third-order valence-corrected chi connectivity index (χ3v) is 4.55. The van der Waals surface area contributed by atoms with Gasteiger partial charge in [0.15, 0.2) is 5.96 Å².